The van der Waals surface area contributed by atoms with E-state index < -0.39 is 0 Å². The third kappa shape index (κ3) is 14.7. The number of thiol groups is 2. The average molecular weight is 296 g/mol. The Balaban J connectivity index is 2.98. The molecule has 0 saturated carbocycles. The second-order valence-electron chi connectivity index (χ2n) is 3.85. The van der Waals surface area contributed by atoms with E-state index in [1.807, 2.05) is 0 Å². The van der Waals surface area contributed by atoms with Crippen molar-refractivity contribution in [2.75, 3.05) is 6.54 Å². The molecule has 0 aliphatic carbocycles. The van der Waals surface area contributed by atoms with Crippen LogP contribution in [0.4, 0.5) is 0 Å². The molecule has 94 valence electrons. The summed E-state index contributed by atoms with van der Waals surface area (Å²) >= 11 is 17.8. The Labute approximate surface area is 121 Å². The summed E-state index contributed by atoms with van der Waals surface area (Å²) in [5.74, 6) is 0. The summed E-state index contributed by atoms with van der Waals surface area (Å²) in [6, 6.07) is 0. The summed E-state index contributed by atoms with van der Waals surface area (Å²) in [7, 11) is 0. The van der Waals surface area contributed by atoms with E-state index in [4.69, 9.17) is 24.4 Å². The predicted octanol–water partition coefficient (Wildman–Crippen LogP) is 4.17. The van der Waals surface area contributed by atoms with Crippen LogP contribution < -0.4 is 5.32 Å². The lowest BCUT2D eigenvalue weighted by Crippen LogP contribution is -2.17. The van der Waals surface area contributed by atoms with Gasteiger partial charge < -0.3 is 5.32 Å². The largest absolute Gasteiger partial charge is 0.371 e. The fraction of sp³-hybridized carbons (Fsp3) is 0.818. The van der Waals surface area contributed by atoms with Crippen LogP contribution in [0.1, 0.15) is 51.4 Å². The molecule has 0 amide bonds. The Morgan fingerprint density at radius 2 is 1.31 bits per heavy atom. The van der Waals surface area contributed by atoms with E-state index in [1.54, 1.807) is 0 Å². The van der Waals surface area contributed by atoms with Gasteiger partial charge >= 0.3 is 0 Å². The molecule has 0 radical (unpaired) electrons. The van der Waals surface area contributed by atoms with Crippen LogP contribution >= 0.6 is 49.7 Å². The van der Waals surface area contributed by atoms with E-state index in [0.29, 0.717) is 4.32 Å². The highest BCUT2D eigenvalue weighted by atomic mass is 32.1. The van der Waals surface area contributed by atoms with Crippen LogP contribution in [-0.4, -0.2) is 15.1 Å². The van der Waals surface area contributed by atoms with Crippen molar-refractivity contribution < 1.29 is 0 Å². The van der Waals surface area contributed by atoms with Crippen molar-refractivity contribution in [2.24, 2.45) is 0 Å². The zero-order valence-corrected chi connectivity index (χ0v) is 13.0. The van der Waals surface area contributed by atoms with Crippen molar-refractivity contribution in [3.63, 3.8) is 0 Å². The molecule has 0 aromatic rings. The average Bonchev–Trinajstić information content (AvgIpc) is 2.20. The molecule has 0 aliphatic rings. The molecule has 1 nitrogen and oxygen atoms in total. The first-order chi connectivity index (χ1) is 7.63. The number of unbranched alkanes of at least 4 members (excludes halogenated alkanes) is 6. The van der Waals surface area contributed by atoms with E-state index in [1.165, 1.54) is 44.9 Å². The molecule has 0 heterocycles. The van der Waals surface area contributed by atoms with E-state index in [9.17, 15) is 0 Å². The van der Waals surface area contributed by atoms with Crippen LogP contribution in [-0.2, 0) is 0 Å². The third-order valence-corrected chi connectivity index (χ3v) is 3.07. The molecule has 0 aliphatic heterocycles. The van der Waals surface area contributed by atoms with Gasteiger partial charge in [0.2, 0.25) is 0 Å². The summed E-state index contributed by atoms with van der Waals surface area (Å²) in [5.41, 5.74) is 0. The van der Waals surface area contributed by atoms with Gasteiger partial charge in [-0.25, -0.2) is 0 Å². The van der Waals surface area contributed by atoms with E-state index in [-0.39, 0.29) is 0 Å². The summed E-state index contributed by atoms with van der Waals surface area (Å²) in [6.45, 7) is 0.955. The number of hydrogen-bond donors (Lipinski definition) is 3. The highest BCUT2D eigenvalue weighted by Gasteiger charge is 1.93. The Bertz CT molecular complexity index is 184. The number of nitrogens with one attached hydrogen (secondary N) is 1. The first-order valence-corrected chi connectivity index (χ1v) is 7.52. The second-order valence-corrected chi connectivity index (χ2v) is 6.34. The molecule has 5 heteroatoms. The summed E-state index contributed by atoms with van der Waals surface area (Å²) in [5, 5.41) is 3.04. The fourth-order valence-electron chi connectivity index (χ4n) is 1.48. The van der Waals surface area contributed by atoms with Crippen molar-refractivity contribution in [3.05, 3.63) is 0 Å². The molecule has 16 heavy (non-hydrogen) atoms. The van der Waals surface area contributed by atoms with Crippen molar-refractivity contribution >= 4 is 58.2 Å². The van der Waals surface area contributed by atoms with Gasteiger partial charge in [-0.15, -0.1) is 25.3 Å². The first kappa shape index (κ1) is 16.7. The highest BCUT2D eigenvalue weighted by molar-refractivity contribution is 8.11. The summed E-state index contributed by atoms with van der Waals surface area (Å²) < 4.78 is 1.44. The van der Waals surface area contributed by atoms with E-state index in [0.717, 1.165) is 17.2 Å². The molecule has 0 unspecified atom stereocenters. The van der Waals surface area contributed by atoms with Gasteiger partial charge in [0.15, 0.2) is 0 Å². The van der Waals surface area contributed by atoms with E-state index in [2.05, 4.69) is 30.6 Å². The molecule has 0 aromatic carbocycles. The second kappa shape index (κ2) is 12.1. The van der Waals surface area contributed by atoms with Gasteiger partial charge in [0, 0.05) is 10.7 Å². The van der Waals surface area contributed by atoms with Gasteiger partial charge in [-0.05, 0) is 19.3 Å². The summed E-state index contributed by atoms with van der Waals surface area (Å²) in [6.07, 6.45) is 9.86. The Morgan fingerprint density at radius 1 is 0.812 bits per heavy atom. The number of thiocarbonyl (C=S) groups is 2. The smallest absolute Gasteiger partial charge is 0.130 e. The maximum atomic E-state index is 4.91. The molecular formula is C11H21NS4. The summed E-state index contributed by atoms with van der Waals surface area (Å²) in [4.78, 5) is 0. The Hall–Kier alpha value is 0.680. The maximum Gasteiger partial charge on any atom is 0.130 e. The molecule has 1 N–H and O–H groups in total. The van der Waals surface area contributed by atoms with Gasteiger partial charge in [-0.3, -0.25) is 0 Å². The minimum Gasteiger partial charge on any atom is -0.371 e. The fourth-order valence-corrected chi connectivity index (χ4v) is 2.00. The van der Waals surface area contributed by atoms with Gasteiger partial charge in [0.1, 0.15) is 4.32 Å². The minimum absolute atomic E-state index is 0.600. The quantitative estimate of drug-likeness (QED) is 0.318. The highest BCUT2D eigenvalue weighted by Crippen LogP contribution is 2.09. The van der Waals surface area contributed by atoms with Gasteiger partial charge in [-0.1, -0.05) is 56.5 Å². The molecule has 0 atom stereocenters. The monoisotopic (exact) mass is 295 g/mol. The molecule has 0 bridgehead atoms. The van der Waals surface area contributed by atoms with Crippen molar-refractivity contribution in [1.29, 1.82) is 0 Å². The lowest BCUT2D eigenvalue weighted by atomic mass is 10.1. The standard InChI is InChI=1S/C11H21NS4/c13-10(14)8-6-4-2-1-3-5-7-9-12-11(15)16/h1-9H2,(H,13,14)(H2,12,15,16). The van der Waals surface area contributed by atoms with Crippen molar-refractivity contribution in [1.82, 2.24) is 5.32 Å². The topological polar surface area (TPSA) is 12.0 Å². The van der Waals surface area contributed by atoms with Gasteiger partial charge in [0.05, 0.1) is 0 Å². The Kier molecular flexibility index (Phi) is 12.7. The van der Waals surface area contributed by atoms with Crippen LogP contribution in [0, 0.1) is 0 Å². The third-order valence-electron chi connectivity index (χ3n) is 2.34. The normalized spacial score (nSPS) is 10.1. The van der Waals surface area contributed by atoms with Crippen LogP contribution in [0.5, 0.6) is 0 Å². The van der Waals surface area contributed by atoms with Crippen molar-refractivity contribution in [3.8, 4) is 0 Å². The minimum atomic E-state index is 0.600. The molecule has 0 aromatic heterocycles. The van der Waals surface area contributed by atoms with Gasteiger partial charge in [-0.2, -0.15) is 0 Å². The van der Waals surface area contributed by atoms with Crippen LogP contribution in [0.3, 0.4) is 0 Å². The zero-order valence-electron chi connectivity index (χ0n) is 9.57. The molecule has 0 rings (SSSR count). The lowest BCUT2D eigenvalue weighted by molar-refractivity contribution is 0.582. The number of rotatable bonds is 10. The number of hydrogen-bond acceptors (Lipinski definition) is 2. The SMILES string of the molecule is S=C(S)CCCCCCCCCNC(=S)S. The molecular weight excluding hydrogens is 274 g/mol. The lowest BCUT2D eigenvalue weighted by Gasteiger charge is -2.03. The molecule has 0 saturated heterocycles. The van der Waals surface area contributed by atoms with E-state index >= 15 is 0 Å². The Morgan fingerprint density at radius 3 is 1.81 bits per heavy atom. The van der Waals surface area contributed by atoms with Crippen LogP contribution in [0.15, 0.2) is 0 Å². The van der Waals surface area contributed by atoms with Crippen molar-refractivity contribution in [2.45, 2.75) is 51.4 Å². The molecule has 0 spiro atoms. The van der Waals surface area contributed by atoms with Crippen LogP contribution in [0.2, 0.25) is 0 Å². The maximum absolute atomic E-state index is 4.91. The predicted molar refractivity (Wildman–Crippen MR) is 88.1 cm³/mol. The van der Waals surface area contributed by atoms with Crippen LogP contribution in [0.25, 0.3) is 0 Å². The van der Waals surface area contributed by atoms with Gasteiger partial charge in [0.25, 0.3) is 0 Å². The molecule has 0 fully saturated rings. The zero-order chi connectivity index (χ0) is 12.2. The first-order valence-electron chi connectivity index (χ1n) is 5.81.